The van der Waals surface area contributed by atoms with Gasteiger partial charge >= 0.3 is 0 Å². The van der Waals surface area contributed by atoms with E-state index in [1.807, 2.05) is 13.8 Å². The average Bonchev–Trinajstić information content (AvgIpc) is 2.77. The smallest absolute Gasteiger partial charge is 0.139 e. The van der Waals surface area contributed by atoms with Crippen molar-refractivity contribution in [1.82, 2.24) is 9.78 Å². The average molecular weight is 356 g/mol. The molecule has 112 valence electrons. The summed E-state index contributed by atoms with van der Waals surface area (Å²) in [5.74, 6) is -0.0286. The number of hydrogen-bond acceptors (Lipinski definition) is 2. The first-order valence-electron chi connectivity index (χ1n) is 6.96. The monoisotopic (exact) mass is 355 g/mol. The lowest BCUT2D eigenvalue weighted by Gasteiger charge is -2.26. The number of benzene rings is 1. The van der Waals surface area contributed by atoms with E-state index in [0.29, 0.717) is 13.0 Å². The van der Waals surface area contributed by atoms with E-state index in [1.165, 1.54) is 18.2 Å². The van der Waals surface area contributed by atoms with Gasteiger partial charge in [-0.15, -0.1) is 0 Å². The minimum Gasteiger partial charge on any atom is -0.369 e. The Kier molecular flexibility index (Phi) is 3.73. The molecule has 1 aromatic heterocycles. The van der Waals surface area contributed by atoms with Gasteiger partial charge in [0.1, 0.15) is 17.5 Å². The maximum atomic E-state index is 14.1. The van der Waals surface area contributed by atoms with Crippen molar-refractivity contribution < 1.29 is 8.78 Å². The summed E-state index contributed by atoms with van der Waals surface area (Å²) in [7, 11) is 0. The van der Waals surface area contributed by atoms with Crippen molar-refractivity contribution in [3.63, 3.8) is 0 Å². The van der Waals surface area contributed by atoms with E-state index in [-0.39, 0.29) is 11.5 Å². The zero-order valence-electron chi connectivity index (χ0n) is 11.8. The van der Waals surface area contributed by atoms with Crippen LogP contribution in [0.15, 0.2) is 22.7 Å². The van der Waals surface area contributed by atoms with Gasteiger partial charge in [0.05, 0.1) is 16.2 Å². The van der Waals surface area contributed by atoms with Crippen LogP contribution in [0.25, 0.3) is 0 Å². The molecule has 0 saturated carbocycles. The summed E-state index contributed by atoms with van der Waals surface area (Å²) in [5.41, 5.74) is 0.978. The van der Waals surface area contributed by atoms with Gasteiger partial charge in [-0.2, -0.15) is 5.10 Å². The van der Waals surface area contributed by atoms with Gasteiger partial charge < -0.3 is 5.32 Å². The largest absolute Gasteiger partial charge is 0.369 e. The lowest BCUT2D eigenvalue weighted by atomic mass is 10.0. The van der Waals surface area contributed by atoms with Crippen molar-refractivity contribution in [2.75, 3.05) is 11.9 Å². The predicted molar refractivity (Wildman–Crippen MR) is 81.6 cm³/mol. The molecular formula is C15H16BrF2N3. The van der Waals surface area contributed by atoms with Gasteiger partial charge in [-0.1, -0.05) is 19.9 Å². The molecule has 1 atom stereocenters. The van der Waals surface area contributed by atoms with Crippen LogP contribution in [-0.4, -0.2) is 16.3 Å². The molecule has 3 rings (SSSR count). The van der Waals surface area contributed by atoms with Crippen molar-refractivity contribution in [2.45, 2.75) is 32.2 Å². The highest BCUT2D eigenvalue weighted by atomic mass is 79.9. The second-order valence-corrected chi connectivity index (χ2v) is 6.31. The van der Waals surface area contributed by atoms with Gasteiger partial charge in [-0.3, -0.25) is 0 Å². The molecule has 1 aliphatic heterocycles. The number of nitrogens with zero attached hydrogens (tertiary/aromatic N) is 2. The van der Waals surface area contributed by atoms with E-state index in [1.54, 1.807) is 4.68 Å². The fraction of sp³-hybridized carbons (Fsp3) is 0.400. The second-order valence-electron chi connectivity index (χ2n) is 5.51. The third-order valence-electron chi connectivity index (χ3n) is 3.76. The van der Waals surface area contributed by atoms with Crippen LogP contribution in [0.4, 0.5) is 14.6 Å². The van der Waals surface area contributed by atoms with Crippen LogP contribution in [0.5, 0.6) is 0 Å². The Morgan fingerprint density at radius 2 is 2.00 bits per heavy atom. The molecule has 0 spiro atoms. The number of halogens is 3. The topological polar surface area (TPSA) is 29.9 Å². The SMILES string of the molecule is CC(C)c1nn2c(c1Br)NCCC2c1c(F)cccc1F. The van der Waals surface area contributed by atoms with Crippen LogP contribution in [0, 0.1) is 11.6 Å². The lowest BCUT2D eigenvalue weighted by Crippen LogP contribution is -2.26. The first-order valence-corrected chi connectivity index (χ1v) is 7.75. The molecule has 2 aromatic rings. The highest BCUT2D eigenvalue weighted by Gasteiger charge is 2.30. The molecule has 0 aliphatic carbocycles. The molecule has 2 heterocycles. The van der Waals surface area contributed by atoms with Gasteiger partial charge in [-0.25, -0.2) is 13.5 Å². The molecular weight excluding hydrogens is 340 g/mol. The Hall–Kier alpha value is -1.43. The third-order valence-corrected chi connectivity index (χ3v) is 4.54. The van der Waals surface area contributed by atoms with Crippen LogP contribution in [0.3, 0.4) is 0 Å². The number of aromatic nitrogens is 2. The number of fused-ring (bicyclic) bond motifs is 1. The second kappa shape index (κ2) is 5.40. The fourth-order valence-electron chi connectivity index (χ4n) is 2.73. The molecule has 0 saturated heterocycles. The molecule has 0 fully saturated rings. The van der Waals surface area contributed by atoms with Gasteiger partial charge in [0.25, 0.3) is 0 Å². The summed E-state index contributed by atoms with van der Waals surface area (Å²) in [6.45, 7) is 4.73. The molecule has 21 heavy (non-hydrogen) atoms. The predicted octanol–water partition coefficient (Wildman–Crippen LogP) is 4.45. The van der Waals surface area contributed by atoms with Crippen LogP contribution >= 0.6 is 15.9 Å². The van der Waals surface area contributed by atoms with Crippen LogP contribution in [-0.2, 0) is 0 Å². The maximum Gasteiger partial charge on any atom is 0.139 e. The fourth-order valence-corrected chi connectivity index (χ4v) is 3.59. The number of anilines is 1. The van der Waals surface area contributed by atoms with Crippen LogP contribution in [0.2, 0.25) is 0 Å². The molecule has 0 bridgehead atoms. The summed E-state index contributed by atoms with van der Waals surface area (Å²) in [4.78, 5) is 0. The van der Waals surface area contributed by atoms with E-state index in [9.17, 15) is 8.78 Å². The van der Waals surface area contributed by atoms with Crippen molar-refractivity contribution in [2.24, 2.45) is 0 Å². The molecule has 0 radical (unpaired) electrons. The van der Waals surface area contributed by atoms with Gasteiger partial charge in [0.2, 0.25) is 0 Å². The van der Waals surface area contributed by atoms with Crippen molar-refractivity contribution >= 4 is 21.7 Å². The van der Waals surface area contributed by atoms with E-state index in [0.717, 1.165) is 16.0 Å². The van der Waals surface area contributed by atoms with Crippen LogP contribution in [0.1, 0.15) is 43.5 Å². The van der Waals surface area contributed by atoms with Crippen LogP contribution < -0.4 is 5.32 Å². The highest BCUT2D eigenvalue weighted by Crippen LogP contribution is 2.39. The maximum absolute atomic E-state index is 14.1. The first kappa shape index (κ1) is 14.5. The Morgan fingerprint density at radius 1 is 1.33 bits per heavy atom. The normalized spacial score (nSPS) is 17.7. The Balaban J connectivity index is 2.15. The summed E-state index contributed by atoms with van der Waals surface area (Å²) in [6, 6.07) is 3.55. The zero-order valence-corrected chi connectivity index (χ0v) is 13.4. The number of rotatable bonds is 2. The summed E-state index contributed by atoms with van der Waals surface area (Å²) in [5, 5.41) is 7.82. The standard InChI is InChI=1S/C15H16BrF2N3/c1-8(2)14-13(16)15-19-7-6-11(21(15)20-14)12-9(17)4-3-5-10(12)18/h3-5,8,11,19H,6-7H2,1-2H3. The van der Waals surface area contributed by atoms with Gasteiger partial charge in [0, 0.05) is 12.1 Å². The number of nitrogens with one attached hydrogen (secondary N) is 1. The van der Waals surface area contributed by atoms with Crippen molar-refractivity contribution in [1.29, 1.82) is 0 Å². The molecule has 0 amide bonds. The Morgan fingerprint density at radius 3 is 2.62 bits per heavy atom. The van der Waals surface area contributed by atoms with Crippen molar-refractivity contribution in [3.05, 3.63) is 45.6 Å². The zero-order chi connectivity index (χ0) is 15.1. The molecule has 6 heteroatoms. The summed E-state index contributed by atoms with van der Waals surface area (Å²) in [6.07, 6.45) is 0.594. The first-order chi connectivity index (χ1) is 10.0. The number of hydrogen-bond donors (Lipinski definition) is 1. The minimum absolute atomic E-state index is 0.0885. The molecule has 3 nitrogen and oxygen atoms in total. The molecule has 1 N–H and O–H groups in total. The third kappa shape index (κ3) is 2.35. The molecule has 1 unspecified atom stereocenters. The van der Waals surface area contributed by atoms with Gasteiger partial charge in [-0.05, 0) is 40.4 Å². The van der Waals surface area contributed by atoms with E-state index in [2.05, 4.69) is 26.3 Å². The Labute approximate surface area is 130 Å². The van der Waals surface area contributed by atoms with Gasteiger partial charge in [0.15, 0.2) is 0 Å². The minimum atomic E-state index is -0.523. The summed E-state index contributed by atoms with van der Waals surface area (Å²) >= 11 is 3.54. The quantitative estimate of drug-likeness (QED) is 0.862. The van der Waals surface area contributed by atoms with E-state index >= 15 is 0 Å². The van der Waals surface area contributed by atoms with E-state index < -0.39 is 17.7 Å². The van der Waals surface area contributed by atoms with E-state index in [4.69, 9.17) is 0 Å². The summed E-state index contributed by atoms with van der Waals surface area (Å²) < 4.78 is 30.7. The highest BCUT2D eigenvalue weighted by molar-refractivity contribution is 9.10. The Bertz CT molecular complexity index is 662. The van der Waals surface area contributed by atoms with Crippen molar-refractivity contribution in [3.8, 4) is 0 Å². The lowest BCUT2D eigenvalue weighted by molar-refractivity contribution is 0.430. The molecule has 1 aliphatic rings. The molecule has 1 aromatic carbocycles.